The van der Waals surface area contributed by atoms with Crippen molar-refractivity contribution in [1.82, 2.24) is 10.2 Å². The van der Waals surface area contributed by atoms with Crippen LogP contribution in [0, 0.1) is 13.8 Å². The summed E-state index contributed by atoms with van der Waals surface area (Å²) in [5.41, 5.74) is 2.10. The van der Waals surface area contributed by atoms with Crippen LogP contribution in [0.2, 0.25) is 0 Å². The summed E-state index contributed by atoms with van der Waals surface area (Å²) in [6.45, 7) is 4.69. The fourth-order valence-electron chi connectivity index (χ4n) is 1.77. The van der Waals surface area contributed by atoms with E-state index in [2.05, 4.69) is 5.32 Å². The molecule has 0 aliphatic carbocycles. The van der Waals surface area contributed by atoms with Gasteiger partial charge in [0, 0.05) is 20.6 Å². The minimum absolute atomic E-state index is 0.0205. The highest BCUT2D eigenvalue weighted by atomic mass is 16.5. The molecule has 112 valence electrons. The molecule has 20 heavy (non-hydrogen) atoms. The number of nitrogens with one attached hydrogen (secondary N) is 1. The van der Waals surface area contributed by atoms with Crippen LogP contribution < -0.4 is 10.1 Å². The number of amides is 1. The van der Waals surface area contributed by atoms with Gasteiger partial charge >= 0.3 is 0 Å². The molecule has 1 atom stereocenters. The zero-order chi connectivity index (χ0) is 15.1. The summed E-state index contributed by atoms with van der Waals surface area (Å²) in [6.07, 6.45) is -0.649. The Morgan fingerprint density at radius 2 is 1.95 bits per heavy atom. The summed E-state index contributed by atoms with van der Waals surface area (Å²) < 4.78 is 5.65. The number of aliphatic hydroxyl groups excluding tert-OH is 1. The Morgan fingerprint density at radius 3 is 2.50 bits per heavy atom. The highest BCUT2D eigenvalue weighted by Gasteiger charge is 2.09. The van der Waals surface area contributed by atoms with Crippen LogP contribution in [0.5, 0.6) is 5.75 Å². The van der Waals surface area contributed by atoms with Gasteiger partial charge in [-0.2, -0.15) is 0 Å². The quantitative estimate of drug-likeness (QED) is 0.772. The Labute approximate surface area is 120 Å². The molecule has 1 rings (SSSR count). The van der Waals surface area contributed by atoms with Crippen molar-refractivity contribution in [2.24, 2.45) is 0 Å². The van der Waals surface area contributed by atoms with Gasteiger partial charge in [-0.25, -0.2) is 0 Å². The fourth-order valence-corrected chi connectivity index (χ4v) is 1.77. The van der Waals surface area contributed by atoms with Gasteiger partial charge in [-0.1, -0.05) is 18.2 Å². The number of carbonyl (C=O) groups excluding carboxylic acids is 1. The van der Waals surface area contributed by atoms with E-state index in [0.717, 1.165) is 16.9 Å². The number of rotatable bonds is 7. The molecular weight excluding hydrogens is 256 g/mol. The maximum Gasteiger partial charge on any atom is 0.236 e. The third-order valence-corrected chi connectivity index (χ3v) is 2.98. The number of para-hydroxylation sites is 1. The van der Waals surface area contributed by atoms with Crippen LogP contribution in [-0.2, 0) is 4.79 Å². The van der Waals surface area contributed by atoms with Crippen LogP contribution in [0.25, 0.3) is 0 Å². The van der Waals surface area contributed by atoms with Crippen molar-refractivity contribution in [3.8, 4) is 5.75 Å². The van der Waals surface area contributed by atoms with Gasteiger partial charge in [0.05, 0.1) is 6.54 Å². The molecule has 0 heterocycles. The van der Waals surface area contributed by atoms with E-state index >= 15 is 0 Å². The summed E-state index contributed by atoms with van der Waals surface area (Å²) in [5.74, 6) is 0.795. The monoisotopic (exact) mass is 280 g/mol. The predicted octanol–water partition coefficient (Wildman–Crippen LogP) is 0.721. The number of aryl methyl sites for hydroxylation is 2. The van der Waals surface area contributed by atoms with Crippen LogP contribution >= 0.6 is 0 Å². The summed E-state index contributed by atoms with van der Waals surface area (Å²) in [6, 6.07) is 5.92. The lowest BCUT2D eigenvalue weighted by atomic mass is 10.1. The third-order valence-electron chi connectivity index (χ3n) is 2.98. The number of nitrogens with zero attached hydrogens (tertiary/aromatic N) is 1. The van der Waals surface area contributed by atoms with Gasteiger partial charge in [-0.3, -0.25) is 4.79 Å². The number of likely N-dealkylation sites (N-methyl/N-ethyl adjacent to an activating group) is 1. The molecule has 1 aromatic carbocycles. The molecule has 0 fully saturated rings. The number of ether oxygens (including phenoxy) is 1. The van der Waals surface area contributed by atoms with Crippen LogP contribution in [0.3, 0.4) is 0 Å². The maximum atomic E-state index is 11.3. The molecule has 1 aromatic rings. The van der Waals surface area contributed by atoms with Crippen molar-refractivity contribution in [2.45, 2.75) is 20.0 Å². The topological polar surface area (TPSA) is 61.8 Å². The van der Waals surface area contributed by atoms with E-state index in [9.17, 15) is 9.90 Å². The molecule has 0 radical (unpaired) electrons. The van der Waals surface area contributed by atoms with Gasteiger partial charge in [0.2, 0.25) is 5.91 Å². The first-order valence-corrected chi connectivity index (χ1v) is 6.69. The SMILES string of the molecule is Cc1cccc(C)c1OCC(O)CNCC(=O)N(C)C. The van der Waals surface area contributed by atoms with Crippen molar-refractivity contribution in [3.05, 3.63) is 29.3 Å². The summed E-state index contributed by atoms with van der Waals surface area (Å²) >= 11 is 0. The molecular formula is C15H24N2O3. The van der Waals surface area contributed by atoms with Crippen LogP contribution in [0.4, 0.5) is 0 Å². The molecule has 0 saturated carbocycles. The molecule has 0 aliphatic rings. The Balaban J connectivity index is 2.33. The van der Waals surface area contributed by atoms with Gasteiger partial charge in [0.15, 0.2) is 0 Å². The van der Waals surface area contributed by atoms with E-state index < -0.39 is 6.10 Å². The lowest BCUT2D eigenvalue weighted by molar-refractivity contribution is -0.127. The van der Waals surface area contributed by atoms with Crippen molar-refractivity contribution in [2.75, 3.05) is 33.8 Å². The van der Waals surface area contributed by atoms with E-state index in [4.69, 9.17) is 4.74 Å². The Morgan fingerprint density at radius 1 is 1.35 bits per heavy atom. The standard InChI is InChI=1S/C15H24N2O3/c1-11-6-5-7-12(2)15(11)20-10-13(18)8-16-9-14(19)17(3)4/h5-7,13,16,18H,8-10H2,1-4H3. The Hall–Kier alpha value is -1.59. The van der Waals surface area contributed by atoms with Crippen molar-refractivity contribution < 1.29 is 14.6 Å². The lowest BCUT2D eigenvalue weighted by Gasteiger charge is -2.16. The number of hydrogen-bond acceptors (Lipinski definition) is 4. The van der Waals surface area contributed by atoms with Gasteiger partial charge in [0.25, 0.3) is 0 Å². The average molecular weight is 280 g/mol. The van der Waals surface area contributed by atoms with Crippen LogP contribution in [-0.4, -0.2) is 55.8 Å². The molecule has 5 nitrogen and oxygen atoms in total. The summed E-state index contributed by atoms with van der Waals surface area (Å²) in [7, 11) is 3.40. The fraction of sp³-hybridized carbons (Fsp3) is 0.533. The van der Waals surface area contributed by atoms with Gasteiger partial charge in [-0.05, 0) is 25.0 Å². The second kappa shape index (κ2) is 7.87. The molecule has 1 amide bonds. The third kappa shape index (κ3) is 5.19. The van der Waals surface area contributed by atoms with Crippen molar-refractivity contribution in [1.29, 1.82) is 0 Å². The first-order valence-electron chi connectivity index (χ1n) is 6.69. The molecule has 0 saturated heterocycles. The van der Waals surface area contributed by atoms with E-state index in [0.29, 0.717) is 6.54 Å². The van der Waals surface area contributed by atoms with Crippen LogP contribution in [0.15, 0.2) is 18.2 Å². The molecule has 5 heteroatoms. The molecule has 0 spiro atoms. The molecule has 0 bridgehead atoms. The molecule has 0 aromatic heterocycles. The first-order chi connectivity index (χ1) is 9.41. The zero-order valence-electron chi connectivity index (χ0n) is 12.6. The number of hydrogen-bond donors (Lipinski definition) is 2. The highest BCUT2D eigenvalue weighted by Crippen LogP contribution is 2.22. The van der Waals surface area contributed by atoms with E-state index in [1.165, 1.54) is 4.90 Å². The van der Waals surface area contributed by atoms with Gasteiger partial charge in [-0.15, -0.1) is 0 Å². The van der Waals surface area contributed by atoms with Gasteiger partial charge < -0.3 is 20.1 Å². The Bertz CT molecular complexity index is 426. The van der Waals surface area contributed by atoms with Crippen LogP contribution in [0.1, 0.15) is 11.1 Å². The van der Waals surface area contributed by atoms with E-state index in [1.807, 2.05) is 32.0 Å². The molecule has 0 aliphatic heterocycles. The highest BCUT2D eigenvalue weighted by molar-refractivity contribution is 5.77. The van der Waals surface area contributed by atoms with E-state index in [-0.39, 0.29) is 19.1 Å². The zero-order valence-corrected chi connectivity index (χ0v) is 12.6. The smallest absolute Gasteiger partial charge is 0.236 e. The summed E-state index contributed by atoms with van der Waals surface area (Å²) in [4.78, 5) is 12.9. The van der Waals surface area contributed by atoms with Crippen molar-refractivity contribution >= 4 is 5.91 Å². The molecule has 1 unspecified atom stereocenters. The second-order valence-electron chi connectivity index (χ2n) is 5.10. The average Bonchev–Trinajstić information content (AvgIpc) is 2.37. The largest absolute Gasteiger partial charge is 0.490 e. The van der Waals surface area contributed by atoms with Crippen molar-refractivity contribution in [3.63, 3.8) is 0 Å². The normalized spacial score (nSPS) is 12.1. The minimum Gasteiger partial charge on any atom is -0.490 e. The maximum absolute atomic E-state index is 11.3. The molecule has 2 N–H and O–H groups in total. The predicted molar refractivity (Wildman–Crippen MR) is 79.0 cm³/mol. The number of carbonyl (C=O) groups is 1. The Kier molecular flexibility index (Phi) is 6.48. The minimum atomic E-state index is -0.649. The lowest BCUT2D eigenvalue weighted by Crippen LogP contribution is -2.38. The first kappa shape index (κ1) is 16.5. The number of benzene rings is 1. The van der Waals surface area contributed by atoms with E-state index in [1.54, 1.807) is 14.1 Å². The summed E-state index contributed by atoms with van der Waals surface area (Å²) in [5, 5.41) is 12.7. The van der Waals surface area contributed by atoms with Gasteiger partial charge in [0.1, 0.15) is 18.5 Å². The number of aliphatic hydroxyl groups is 1. The second-order valence-corrected chi connectivity index (χ2v) is 5.10.